The lowest BCUT2D eigenvalue weighted by atomic mass is 10.1. The van der Waals surface area contributed by atoms with Crippen LogP contribution in [0.15, 0.2) is 60.7 Å². The van der Waals surface area contributed by atoms with Crippen LogP contribution in [-0.2, 0) is 35.3 Å². The van der Waals surface area contributed by atoms with Crippen LogP contribution in [0.1, 0.15) is 72.5 Å². The summed E-state index contributed by atoms with van der Waals surface area (Å²) in [6.07, 6.45) is 14.5. The van der Waals surface area contributed by atoms with E-state index in [9.17, 15) is 9.59 Å². The van der Waals surface area contributed by atoms with Crippen LogP contribution in [0.2, 0.25) is 0 Å². The zero-order chi connectivity index (χ0) is 31.8. The van der Waals surface area contributed by atoms with Crippen LogP contribution in [0.25, 0.3) is 0 Å². The van der Waals surface area contributed by atoms with E-state index < -0.39 is 0 Å². The standard InChI is InChI=1S/C34H40N6O4S2/c41-29-23-25-13-17-27(18-14-25)43-21-9-5-3-1-2-4-6-10-22-44-28-19-15-26(16-20-28)24-30(42)36-34-40-38-32(46-34)12-8-7-11-31-37-39-33(35-29)45-31/h1-2,13-20H,3-12,21-24H2,(H,35,39,41)(H,36,40,42)/b2-1-. The van der Waals surface area contributed by atoms with Crippen LogP contribution in [0.4, 0.5) is 10.3 Å². The Balaban J connectivity index is 1.12. The van der Waals surface area contributed by atoms with Gasteiger partial charge in [0, 0.05) is 12.8 Å². The summed E-state index contributed by atoms with van der Waals surface area (Å²) in [5, 5.41) is 25.2. The molecule has 0 spiro atoms. The van der Waals surface area contributed by atoms with Crippen LogP contribution < -0.4 is 20.1 Å². The highest BCUT2D eigenvalue weighted by atomic mass is 32.1. The van der Waals surface area contributed by atoms with E-state index in [0.717, 1.165) is 96.8 Å². The van der Waals surface area contributed by atoms with Gasteiger partial charge in [0.2, 0.25) is 22.1 Å². The Bertz CT molecular complexity index is 1440. The molecule has 4 aliphatic heterocycles. The van der Waals surface area contributed by atoms with E-state index in [1.54, 1.807) is 0 Å². The second-order valence-corrected chi connectivity index (χ2v) is 13.2. The molecule has 2 aromatic carbocycles. The van der Waals surface area contributed by atoms with Crippen molar-refractivity contribution in [3.63, 3.8) is 0 Å². The number of anilines is 2. The molecule has 2 N–H and O–H groups in total. The number of benzene rings is 2. The van der Waals surface area contributed by atoms with Gasteiger partial charge in [-0.15, -0.1) is 20.4 Å². The summed E-state index contributed by atoms with van der Waals surface area (Å²) in [5.41, 5.74) is 1.82. The second kappa shape index (κ2) is 18.1. The molecule has 242 valence electrons. The van der Waals surface area contributed by atoms with Crippen LogP contribution in [-0.4, -0.2) is 45.4 Å². The fourth-order valence-electron chi connectivity index (χ4n) is 4.81. The van der Waals surface area contributed by atoms with Crippen molar-refractivity contribution in [3.05, 3.63) is 81.8 Å². The maximum Gasteiger partial charge on any atom is 0.230 e. The molecule has 0 saturated heterocycles. The maximum absolute atomic E-state index is 12.6. The summed E-state index contributed by atoms with van der Waals surface area (Å²) >= 11 is 2.79. The van der Waals surface area contributed by atoms with E-state index in [1.807, 2.05) is 48.5 Å². The number of aryl methyl sites for hydroxylation is 2. The van der Waals surface area contributed by atoms with Crippen molar-refractivity contribution in [2.24, 2.45) is 0 Å². The molecule has 4 aromatic rings. The summed E-state index contributed by atoms with van der Waals surface area (Å²) < 4.78 is 11.8. The first kappa shape index (κ1) is 33.2. The molecule has 0 fully saturated rings. The summed E-state index contributed by atoms with van der Waals surface area (Å²) in [7, 11) is 0. The van der Waals surface area contributed by atoms with Crippen LogP contribution in [0.3, 0.4) is 0 Å². The van der Waals surface area contributed by atoms with Gasteiger partial charge in [0.1, 0.15) is 21.5 Å². The van der Waals surface area contributed by atoms with Crippen molar-refractivity contribution in [2.75, 3.05) is 23.8 Å². The van der Waals surface area contributed by atoms with Crippen molar-refractivity contribution in [1.29, 1.82) is 0 Å². The number of amides is 2. The summed E-state index contributed by atoms with van der Waals surface area (Å²) in [6, 6.07) is 15.4. The van der Waals surface area contributed by atoms with Crippen molar-refractivity contribution in [3.8, 4) is 11.5 Å². The molecule has 8 bridgehead atoms. The summed E-state index contributed by atoms with van der Waals surface area (Å²) in [5.74, 6) is 1.37. The number of ether oxygens (including phenoxy) is 2. The average Bonchev–Trinajstić information content (AvgIpc) is 3.69. The topological polar surface area (TPSA) is 128 Å². The molecule has 0 aliphatic carbocycles. The minimum Gasteiger partial charge on any atom is -0.494 e. The van der Waals surface area contributed by atoms with Gasteiger partial charge in [0.15, 0.2) is 0 Å². The molecule has 4 aliphatic rings. The maximum atomic E-state index is 12.6. The third-order valence-corrected chi connectivity index (χ3v) is 9.07. The zero-order valence-electron chi connectivity index (χ0n) is 25.9. The van der Waals surface area contributed by atoms with Crippen molar-refractivity contribution in [1.82, 2.24) is 20.4 Å². The van der Waals surface area contributed by atoms with E-state index in [-0.39, 0.29) is 24.7 Å². The predicted octanol–water partition coefficient (Wildman–Crippen LogP) is 6.99. The van der Waals surface area contributed by atoms with Crippen LogP contribution >= 0.6 is 22.7 Å². The first-order valence-corrected chi connectivity index (χ1v) is 17.6. The van der Waals surface area contributed by atoms with Gasteiger partial charge in [-0.05, 0) is 86.8 Å². The molecule has 0 atom stereocenters. The van der Waals surface area contributed by atoms with Gasteiger partial charge in [-0.25, -0.2) is 0 Å². The number of aromatic nitrogens is 4. The molecule has 2 amide bonds. The quantitative estimate of drug-likeness (QED) is 0.193. The molecular formula is C34H40N6O4S2. The molecule has 0 radical (unpaired) electrons. The third kappa shape index (κ3) is 11.6. The summed E-state index contributed by atoms with van der Waals surface area (Å²) in [4.78, 5) is 25.1. The Kier molecular flexibility index (Phi) is 13.1. The lowest BCUT2D eigenvalue weighted by molar-refractivity contribution is -0.116. The highest BCUT2D eigenvalue weighted by Crippen LogP contribution is 2.21. The lowest BCUT2D eigenvalue weighted by Gasteiger charge is -2.07. The number of hydrogen-bond donors (Lipinski definition) is 2. The van der Waals surface area contributed by atoms with E-state index >= 15 is 0 Å². The van der Waals surface area contributed by atoms with Crippen LogP contribution in [0, 0.1) is 0 Å². The molecule has 6 heterocycles. The minimum absolute atomic E-state index is 0.127. The molecule has 0 unspecified atom stereocenters. The Morgan fingerprint density at radius 1 is 0.543 bits per heavy atom. The lowest BCUT2D eigenvalue weighted by Crippen LogP contribution is -2.14. The molecular weight excluding hydrogens is 621 g/mol. The highest BCUT2D eigenvalue weighted by Gasteiger charge is 2.12. The number of carbonyl (C=O) groups is 2. The Hall–Kier alpha value is -4.16. The third-order valence-electron chi connectivity index (χ3n) is 7.27. The van der Waals surface area contributed by atoms with E-state index in [0.29, 0.717) is 23.5 Å². The molecule has 46 heavy (non-hydrogen) atoms. The first-order valence-electron chi connectivity index (χ1n) is 15.9. The molecule has 0 saturated carbocycles. The molecule has 10 nitrogen and oxygen atoms in total. The SMILES string of the molecule is O=C1Cc2ccc(cc2)OCCCC/C=C\CCCCOc2ccc(cc2)CC(=O)Nc2nnc(s2)CCCCc2nnc(s2)N1. The first-order chi connectivity index (χ1) is 22.6. The Morgan fingerprint density at radius 2 is 0.978 bits per heavy atom. The van der Waals surface area contributed by atoms with Gasteiger partial charge >= 0.3 is 0 Å². The van der Waals surface area contributed by atoms with E-state index in [4.69, 9.17) is 9.47 Å². The van der Waals surface area contributed by atoms with Gasteiger partial charge in [-0.3, -0.25) is 9.59 Å². The fourth-order valence-corrected chi connectivity index (χ4v) is 6.41. The highest BCUT2D eigenvalue weighted by molar-refractivity contribution is 7.15. The number of hydrogen-bond acceptors (Lipinski definition) is 10. The molecule has 2 aromatic heterocycles. The van der Waals surface area contributed by atoms with Gasteiger partial charge in [-0.2, -0.15) is 0 Å². The monoisotopic (exact) mass is 660 g/mol. The Labute approximate surface area is 277 Å². The van der Waals surface area contributed by atoms with Gasteiger partial charge in [0.05, 0.1) is 26.1 Å². The summed E-state index contributed by atoms with van der Waals surface area (Å²) in [6.45, 7) is 1.34. The molecule has 8 rings (SSSR count). The number of carbonyl (C=O) groups excluding carboxylic acids is 2. The fraction of sp³-hybridized carbons (Fsp3) is 0.412. The van der Waals surface area contributed by atoms with Gasteiger partial charge in [0.25, 0.3) is 0 Å². The number of nitrogens with one attached hydrogen (secondary N) is 2. The largest absolute Gasteiger partial charge is 0.494 e. The minimum atomic E-state index is -0.127. The predicted molar refractivity (Wildman–Crippen MR) is 182 cm³/mol. The van der Waals surface area contributed by atoms with Gasteiger partial charge < -0.3 is 20.1 Å². The number of nitrogens with zero attached hydrogens (tertiary/aromatic N) is 4. The zero-order valence-corrected chi connectivity index (χ0v) is 27.5. The average molecular weight is 661 g/mol. The van der Waals surface area contributed by atoms with Gasteiger partial charge in [-0.1, -0.05) is 59.1 Å². The van der Waals surface area contributed by atoms with Crippen LogP contribution in [0.5, 0.6) is 11.5 Å². The van der Waals surface area contributed by atoms with Crippen molar-refractivity contribution in [2.45, 2.75) is 77.0 Å². The number of rotatable bonds is 0. The number of allylic oxidation sites excluding steroid dienone is 2. The van der Waals surface area contributed by atoms with Crippen molar-refractivity contribution >= 4 is 44.8 Å². The second-order valence-electron chi connectivity index (χ2n) is 11.1. The smallest absolute Gasteiger partial charge is 0.230 e. The van der Waals surface area contributed by atoms with E-state index in [1.165, 1.54) is 22.7 Å². The van der Waals surface area contributed by atoms with Crippen molar-refractivity contribution < 1.29 is 19.1 Å². The molecule has 12 heteroatoms. The Morgan fingerprint density at radius 3 is 1.41 bits per heavy atom. The normalized spacial score (nSPS) is 17.3. The van der Waals surface area contributed by atoms with E-state index in [2.05, 4.69) is 43.2 Å².